The molecule has 27 heavy (non-hydrogen) atoms. The first-order valence-corrected chi connectivity index (χ1v) is 9.87. The van der Waals surface area contributed by atoms with E-state index >= 15 is 0 Å². The number of nitrogens with zero attached hydrogens (tertiary/aromatic N) is 2. The quantitative estimate of drug-likeness (QED) is 0.570. The molecule has 1 aromatic heterocycles. The standard InChI is InChI=1S/C23H23ClN2O/c1-15-11-13-26(14-12-15)23(27)21-16(2)22(17-7-9-18(24)10-8-17)25-20-6-4-3-5-19(20)21/h3-10,15H,11-14H2,1-2H3. The highest BCUT2D eigenvalue weighted by Gasteiger charge is 2.26. The molecule has 138 valence electrons. The van der Waals surface area contributed by atoms with Gasteiger partial charge in [-0.15, -0.1) is 0 Å². The van der Waals surface area contributed by atoms with Gasteiger partial charge in [0.05, 0.1) is 16.8 Å². The highest BCUT2D eigenvalue weighted by molar-refractivity contribution is 6.30. The van der Waals surface area contributed by atoms with Crippen LogP contribution in [0, 0.1) is 12.8 Å². The molecule has 3 nitrogen and oxygen atoms in total. The Balaban J connectivity index is 1.86. The van der Waals surface area contributed by atoms with E-state index < -0.39 is 0 Å². The van der Waals surface area contributed by atoms with E-state index in [0.29, 0.717) is 10.9 Å². The third-order valence-corrected chi connectivity index (χ3v) is 5.79. The maximum Gasteiger partial charge on any atom is 0.254 e. The van der Waals surface area contributed by atoms with Crippen LogP contribution >= 0.6 is 11.6 Å². The minimum absolute atomic E-state index is 0.119. The van der Waals surface area contributed by atoms with Gasteiger partial charge in [-0.1, -0.05) is 48.9 Å². The third-order valence-electron chi connectivity index (χ3n) is 5.54. The summed E-state index contributed by atoms with van der Waals surface area (Å²) < 4.78 is 0. The Morgan fingerprint density at radius 3 is 2.44 bits per heavy atom. The van der Waals surface area contributed by atoms with Gasteiger partial charge in [-0.25, -0.2) is 4.98 Å². The summed E-state index contributed by atoms with van der Waals surface area (Å²) >= 11 is 6.05. The van der Waals surface area contributed by atoms with E-state index in [1.54, 1.807) is 0 Å². The van der Waals surface area contributed by atoms with Gasteiger partial charge < -0.3 is 4.90 Å². The lowest BCUT2D eigenvalue weighted by Crippen LogP contribution is -2.38. The SMILES string of the molecule is Cc1c(-c2ccc(Cl)cc2)nc2ccccc2c1C(=O)N1CCC(C)CC1. The summed E-state index contributed by atoms with van der Waals surface area (Å²) in [6.45, 7) is 5.91. The van der Waals surface area contributed by atoms with Crippen LogP contribution < -0.4 is 0 Å². The summed E-state index contributed by atoms with van der Waals surface area (Å²) in [6, 6.07) is 15.6. The molecule has 0 unspecified atom stereocenters. The number of carbonyl (C=O) groups excluding carboxylic acids is 1. The second-order valence-electron chi connectivity index (χ2n) is 7.46. The molecule has 1 aliphatic heterocycles. The van der Waals surface area contributed by atoms with Gasteiger partial charge in [-0.05, 0) is 49.4 Å². The van der Waals surface area contributed by atoms with E-state index in [4.69, 9.17) is 16.6 Å². The Bertz CT molecular complexity index is 989. The highest BCUT2D eigenvalue weighted by Crippen LogP contribution is 2.32. The Labute approximate surface area is 165 Å². The van der Waals surface area contributed by atoms with Gasteiger partial charge in [-0.3, -0.25) is 4.79 Å². The van der Waals surface area contributed by atoms with Gasteiger partial charge in [0, 0.05) is 29.1 Å². The van der Waals surface area contributed by atoms with Gasteiger partial charge in [0.15, 0.2) is 0 Å². The number of hydrogen-bond donors (Lipinski definition) is 0. The van der Waals surface area contributed by atoms with E-state index in [2.05, 4.69) is 6.92 Å². The number of hydrogen-bond acceptors (Lipinski definition) is 2. The van der Waals surface area contributed by atoms with Crippen LogP contribution in [0.25, 0.3) is 22.2 Å². The number of aromatic nitrogens is 1. The van der Waals surface area contributed by atoms with Crippen molar-refractivity contribution in [3.8, 4) is 11.3 Å². The number of fused-ring (bicyclic) bond motifs is 1. The number of para-hydroxylation sites is 1. The van der Waals surface area contributed by atoms with Crippen molar-refractivity contribution in [3.05, 3.63) is 64.7 Å². The van der Waals surface area contributed by atoms with E-state index in [1.165, 1.54) is 0 Å². The van der Waals surface area contributed by atoms with E-state index in [1.807, 2.05) is 60.4 Å². The van der Waals surface area contributed by atoms with Crippen LogP contribution in [0.15, 0.2) is 48.5 Å². The molecule has 3 aromatic rings. The Morgan fingerprint density at radius 2 is 1.74 bits per heavy atom. The third kappa shape index (κ3) is 3.44. The fraction of sp³-hybridized carbons (Fsp3) is 0.304. The van der Waals surface area contributed by atoms with Crippen molar-refractivity contribution in [1.29, 1.82) is 0 Å². The smallest absolute Gasteiger partial charge is 0.254 e. The highest BCUT2D eigenvalue weighted by atomic mass is 35.5. The van der Waals surface area contributed by atoms with Crippen LogP contribution in [0.2, 0.25) is 5.02 Å². The molecule has 2 heterocycles. The molecule has 4 heteroatoms. The Hall–Kier alpha value is -2.39. The number of benzene rings is 2. The van der Waals surface area contributed by atoms with Crippen LogP contribution in [0.5, 0.6) is 0 Å². The molecule has 1 saturated heterocycles. The number of pyridine rings is 1. The summed E-state index contributed by atoms with van der Waals surface area (Å²) in [4.78, 5) is 20.3. The summed E-state index contributed by atoms with van der Waals surface area (Å²) in [5, 5.41) is 1.62. The van der Waals surface area contributed by atoms with Gasteiger partial charge in [0.1, 0.15) is 0 Å². The van der Waals surface area contributed by atoms with Crippen LogP contribution in [-0.4, -0.2) is 28.9 Å². The second-order valence-corrected chi connectivity index (χ2v) is 7.90. The number of likely N-dealkylation sites (tertiary alicyclic amines) is 1. The molecule has 0 saturated carbocycles. The Morgan fingerprint density at radius 1 is 1.07 bits per heavy atom. The average molecular weight is 379 g/mol. The molecule has 2 aromatic carbocycles. The predicted molar refractivity (Wildman–Crippen MR) is 111 cm³/mol. The normalized spacial score (nSPS) is 15.3. The molecule has 0 spiro atoms. The molecular weight excluding hydrogens is 356 g/mol. The molecule has 0 N–H and O–H groups in total. The first kappa shape index (κ1) is 18.0. The van der Waals surface area contributed by atoms with Gasteiger partial charge in [0.25, 0.3) is 5.91 Å². The van der Waals surface area contributed by atoms with Crippen LogP contribution in [0.3, 0.4) is 0 Å². The maximum atomic E-state index is 13.5. The monoisotopic (exact) mass is 378 g/mol. The van der Waals surface area contributed by atoms with Crippen molar-refractivity contribution in [2.24, 2.45) is 5.92 Å². The zero-order valence-electron chi connectivity index (χ0n) is 15.7. The first-order valence-electron chi connectivity index (χ1n) is 9.49. The second kappa shape index (κ2) is 7.32. The lowest BCUT2D eigenvalue weighted by atomic mass is 9.94. The zero-order valence-corrected chi connectivity index (χ0v) is 16.5. The summed E-state index contributed by atoms with van der Waals surface area (Å²) in [5.74, 6) is 0.808. The van der Waals surface area contributed by atoms with Crippen molar-refractivity contribution in [1.82, 2.24) is 9.88 Å². The molecule has 1 fully saturated rings. The minimum Gasteiger partial charge on any atom is -0.339 e. The van der Waals surface area contributed by atoms with Crippen molar-refractivity contribution in [2.45, 2.75) is 26.7 Å². The van der Waals surface area contributed by atoms with Crippen LogP contribution in [0.4, 0.5) is 0 Å². The van der Waals surface area contributed by atoms with E-state index in [0.717, 1.165) is 59.2 Å². The van der Waals surface area contributed by atoms with E-state index in [9.17, 15) is 4.79 Å². The molecule has 4 rings (SSSR count). The summed E-state index contributed by atoms with van der Waals surface area (Å²) in [7, 11) is 0. The summed E-state index contributed by atoms with van der Waals surface area (Å²) in [5.41, 5.74) is 4.38. The lowest BCUT2D eigenvalue weighted by molar-refractivity contribution is 0.0698. The summed E-state index contributed by atoms with van der Waals surface area (Å²) in [6.07, 6.45) is 2.13. The molecule has 0 bridgehead atoms. The molecule has 1 aliphatic rings. The van der Waals surface area contributed by atoms with Crippen molar-refractivity contribution in [3.63, 3.8) is 0 Å². The van der Waals surface area contributed by atoms with E-state index in [-0.39, 0.29) is 5.91 Å². The van der Waals surface area contributed by atoms with Crippen LogP contribution in [-0.2, 0) is 0 Å². The largest absolute Gasteiger partial charge is 0.339 e. The average Bonchev–Trinajstić information content (AvgIpc) is 2.68. The topological polar surface area (TPSA) is 33.2 Å². The first-order chi connectivity index (χ1) is 13.0. The molecule has 0 atom stereocenters. The van der Waals surface area contributed by atoms with Gasteiger partial charge >= 0.3 is 0 Å². The van der Waals surface area contributed by atoms with Crippen molar-refractivity contribution >= 4 is 28.4 Å². The fourth-order valence-corrected chi connectivity index (χ4v) is 3.97. The number of piperidine rings is 1. The predicted octanol–water partition coefficient (Wildman–Crippen LogP) is 5.74. The van der Waals surface area contributed by atoms with Gasteiger partial charge in [0.2, 0.25) is 0 Å². The van der Waals surface area contributed by atoms with Gasteiger partial charge in [-0.2, -0.15) is 0 Å². The number of amides is 1. The van der Waals surface area contributed by atoms with Crippen molar-refractivity contribution in [2.75, 3.05) is 13.1 Å². The number of halogens is 1. The molecule has 0 aliphatic carbocycles. The number of carbonyl (C=O) groups is 1. The molecular formula is C23H23ClN2O. The lowest BCUT2D eigenvalue weighted by Gasteiger charge is -2.31. The fourth-order valence-electron chi connectivity index (χ4n) is 3.84. The minimum atomic E-state index is 0.119. The number of rotatable bonds is 2. The Kier molecular flexibility index (Phi) is 4.88. The molecule has 1 amide bonds. The molecule has 0 radical (unpaired) electrons. The van der Waals surface area contributed by atoms with Crippen LogP contribution in [0.1, 0.15) is 35.7 Å². The maximum absolute atomic E-state index is 13.5. The van der Waals surface area contributed by atoms with Crippen molar-refractivity contribution < 1.29 is 4.79 Å². The zero-order chi connectivity index (χ0) is 19.0.